The third kappa shape index (κ3) is 2.77. The lowest BCUT2D eigenvalue weighted by atomic mass is 10.0. The van der Waals surface area contributed by atoms with Gasteiger partial charge in [0.05, 0.1) is 5.69 Å². The zero-order valence-electron chi connectivity index (χ0n) is 11.6. The Bertz CT molecular complexity index is 691. The van der Waals surface area contributed by atoms with Crippen molar-refractivity contribution >= 4 is 5.57 Å². The van der Waals surface area contributed by atoms with E-state index in [4.69, 9.17) is 0 Å². The summed E-state index contributed by atoms with van der Waals surface area (Å²) in [6.45, 7) is 2.16. The molecule has 0 radical (unpaired) electrons. The zero-order chi connectivity index (χ0) is 13.8. The standard InChI is InChI=1S/C19H17N/c1-15-6-5-9-16(11-10-15)18-12-13-20-19(14-18)17-7-3-2-4-8-17/h2-5,7-14H,6H2,1H3. The molecule has 0 N–H and O–H groups in total. The van der Waals surface area contributed by atoms with Gasteiger partial charge < -0.3 is 0 Å². The van der Waals surface area contributed by atoms with Crippen LogP contribution < -0.4 is 0 Å². The minimum atomic E-state index is 1.02. The van der Waals surface area contributed by atoms with E-state index in [1.54, 1.807) is 0 Å². The summed E-state index contributed by atoms with van der Waals surface area (Å²) in [7, 11) is 0. The van der Waals surface area contributed by atoms with E-state index in [1.807, 2.05) is 24.4 Å². The molecule has 98 valence electrons. The highest BCUT2D eigenvalue weighted by Gasteiger charge is 2.04. The minimum absolute atomic E-state index is 1.02. The summed E-state index contributed by atoms with van der Waals surface area (Å²) in [5.41, 5.74) is 6.00. The van der Waals surface area contributed by atoms with Crippen LogP contribution >= 0.6 is 0 Å². The van der Waals surface area contributed by atoms with Crippen LogP contribution in [0.4, 0.5) is 0 Å². The highest BCUT2D eigenvalue weighted by molar-refractivity contribution is 5.78. The number of allylic oxidation sites excluding steroid dienone is 6. The monoisotopic (exact) mass is 259 g/mol. The first kappa shape index (κ1) is 12.6. The Morgan fingerprint density at radius 2 is 1.80 bits per heavy atom. The van der Waals surface area contributed by atoms with Gasteiger partial charge in [-0.3, -0.25) is 4.98 Å². The minimum Gasteiger partial charge on any atom is -0.256 e. The Hall–Kier alpha value is -2.41. The van der Waals surface area contributed by atoms with Crippen molar-refractivity contribution in [2.75, 3.05) is 0 Å². The van der Waals surface area contributed by atoms with Crippen molar-refractivity contribution in [2.45, 2.75) is 13.3 Å². The van der Waals surface area contributed by atoms with Gasteiger partial charge in [0.1, 0.15) is 0 Å². The molecule has 1 nitrogen and oxygen atoms in total. The molecule has 1 aliphatic rings. The van der Waals surface area contributed by atoms with Crippen molar-refractivity contribution in [1.29, 1.82) is 0 Å². The molecule has 0 bridgehead atoms. The lowest BCUT2D eigenvalue weighted by molar-refractivity contribution is 1.22. The normalized spacial score (nSPS) is 14.4. The van der Waals surface area contributed by atoms with Crippen LogP contribution in [0, 0.1) is 0 Å². The number of pyridine rings is 1. The highest BCUT2D eigenvalue weighted by Crippen LogP contribution is 2.24. The molecule has 1 aliphatic carbocycles. The quantitative estimate of drug-likeness (QED) is 0.736. The largest absolute Gasteiger partial charge is 0.256 e. The second kappa shape index (κ2) is 5.70. The average Bonchev–Trinajstić information content (AvgIpc) is 2.73. The summed E-state index contributed by atoms with van der Waals surface area (Å²) in [6.07, 6.45) is 11.7. The van der Waals surface area contributed by atoms with E-state index in [0.29, 0.717) is 0 Å². The fraction of sp³-hybridized carbons (Fsp3) is 0.105. The molecule has 1 heterocycles. The maximum Gasteiger partial charge on any atom is 0.0708 e. The maximum atomic E-state index is 4.48. The third-order valence-corrected chi connectivity index (χ3v) is 3.45. The molecule has 0 aliphatic heterocycles. The van der Waals surface area contributed by atoms with Crippen molar-refractivity contribution in [1.82, 2.24) is 4.98 Å². The van der Waals surface area contributed by atoms with Gasteiger partial charge in [-0.2, -0.15) is 0 Å². The van der Waals surface area contributed by atoms with Crippen molar-refractivity contribution in [2.24, 2.45) is 0 Å². The number of rotatable bonds is 2. The van der Waals surface area contributed by atoms with E-state index >= 15 is 0 Å². The van der Waals surface area contributed by atoms with Gasteiger partial charge >= 0.3 is 0 Å². The van der Waals surface area contributed by atoms with Gasteiger partial charge in [0.25, 0.3) is 0 Å². The van der Waals surface area contributed by atoms with Gasteiger partial charge in [-0.25, -0.2) is 0 Å². The topological polar surface area (TPSA) is 12.9 Å². The fourth-order valence-electron chi connectivity index (χ4n) is 2.30. The van der Waals surface area contributed by atoms with Gasteiger partial charge in [0, 0.05) is 11.8 Å². The molecule has 0 fully saturated rings. The van der Waals surface area contributed by atoms with E-state index in [1.165, 1.54) is 16.7 Å². The molecule has 1 heteroatoms. The summed E-state index contributed by atoms with van der Waals surface area (Å²) < 4.78 is 0. The smallest absolute Gasteiger partial charge is 0.0708 e. The molecule has 0 amide bonds. The van der Waals surface area contributed by atoms with Crippen LogP contribution in [0.1, 0.15) is 18.9 Å². The summed E-state index contributed by atoms with van der Waals surface area (Å²) in [5.74, 6) is 0. The van der Waals surface area contributed by atoms with Crippen LogP contribution in [0.5, 0.6) is 0 Å². The Balaban J connectivity index is 2.00. The summed E-state index contributed by atoms with van der Waals surface area (Å²) in [4.78, 5) is 4.48. The van der Waals surface area contributed by atoms with Crippen LogP contribution in [-0.4, -0.2) is 4.98 Å². The molecule has 1 aromatic heterocycles. The maximum absolute atomic E-state index is 4.48. The number of benzene rings is 1. The first-order chi connectivity index (χ1) is 9.83. The molecule has 2 aromatic rings. The second-order valence-electron chi connectivity index (χ2n) is 5.04. The van der Waals surface area contributed by atoms with Gasteiger partial charge in [0.2, 0.25) is 0 Å². The summed E-state index contributed by atoms with van der Waals surface area (Å²) >= 11 is 0. The molecular weight excluding hydrogens is 242 g/mol. The van der Waals surface area contributed by atoms with Crippen molar-refractivity contribution in [3.05, 3.63) is 84.1 Å². The predicted molar refractivity (Wildman–Crippen MR) is 85.2 cm³/mol. The number of aromatic nitrogens is 1. The second-order valence-corrected chi connectivity index (χ2v) is 5.04. The molecule has 3 rings (SSSR count). The van der Waals surface area contributed by atoms with Crippen molar-refractivity contribution in [3.8, 4) is 11.3 Å². The van der Waals surface area contributed by atoms with E-state index in [0.717, 1.165) is 17.7 Å². The number of hydrogen-bond donors (Lipinski definition) is 0. The molecule has 0 spiro atoms. The third-order valence-electron chi connectivity index (χ3n) is 3.45. The first-order valence-corrected chi connectivity index (χ1v) is 6.89. The van der Waals surface area contributed by atoms with Gasteiger partial charge in [-0.1, -0.05) is 60.2 Å². The highest BCUT2D eigenvalue weighted by atomic mass is 14.7. The molecule has 20 heavy (non-hydrogen) atoms. The lowest BCUT2D eigenvalue weighted by Gasteiger charge is -2.05. The summed E-state index contributed by atoms with van der Waals surface area (Å²) in [5, 5.41) is 0. The van der Waals surface area contributed by atoms with Gasteiger partial charge in [-0.05, 0) is 36.6 Å². The predicted octanol–water partition coefficient (Wildman–Crippen LogP) is 5.04. The molecule has 0 saturated heterocycles. The van der Waals surface area contributed by atoms with Gasteiger partial charge in [0.15, 0.2) is 0 Å². The van der Waals surface area contributed by atoms with Crippen LogP contribution in [0.15, 0.2) is 78.5 Å². The Morgan fingerprint density at radius 1 is 0.950 bits per heavy atom. The Labute approximate surface area is 120 Å². The number of hydrogen-bond acceptors (Lipinski definition) is 1. The lowest BCUT2D eigenvalue weighted by Crippen LogP contribution is -1.87. The average molecular weight is 259 g/mol. The van der Waals surface area contributed by atoms with Crippen LogP contribution in [-0.2, 0) is 0 Å². The first-order valence-electron chi connectivity index (χ1n) is 6.89. The number of nitrogens with zero attached hydrogens (tertiary/aromatic N) is 1. The summed E-state index contributed by atoms with van der Waals surface area (Å²) in [6, 6.07) is 14.5. The Morgan fingerprint density at radius 3 is 2.65 bits per heavy atom. The van der Waals surface area contributed by atoms with E-state index in [9.17, 15) is 0 Å². The molecular formula is C19H17N. The van der Waals surface area contributed by atoms with Crippen LogP contribution in [0.25, 0.3) is 16.8 Å². The van der Waals surface area contributed by atoms with Crippen molar-refractivity contribution < 1.29 is 0 Å². The molecule has 1 aromatic carbocycles. The molecule has 0 unspecified atom stereocenters. The SMILES string of the molecule is CC1=CC=C(c2ccnc(-c3ccccc3)c2)C=CC1. The molecule has 0 saturated carbocycles. The van der Waals surface area contributed by atoms with Crippen LogP contribution in [0.2, 0.25) is 0 Å². The zero-order valence-corrected chi connectivity index (χ0v) is 11.6. The van der Waals surface area contributed by atoms with E-state index in [-0.39, 0.29) is 0 Å². The fourth-order valence-corrected chi connectivity index (χ4v) is 2.30. The molecule has 0 atom stereocenters. The van der Waals surface area contributed by atoms with E-state index < -0.39 is 0 Å². The van der Waals surface area contributed by atoms with Crippen molar-refractivity contribution in [3.63, 3.8) is 0 Å². The Kier molecular flexibility index (Phi) is 3.60. The van der Waals surface area contributed by atoms with Crippen LogP contribution in [0.3, 0.4) is 0 Å². The van der Waals surface area contributed by atoms with Gasteiger partial charge in [-0.15, -0.1) is 0 Å². The van der Waals surface area contributed by atoms with E-state index in [2.05, 4.69) is 60.5 Å².